The first kappa shape index (κ1) is 25.5. The topological polar surface area (TPSA) is 94.2 Å². The molecule has 2 rings (SSSR count). The molecule has 1 N–H and O–H groups in total. The third-order valence-electron chi connectivity index (χ3n) is 4.73. The molecule has 0 saturated carbocycles. The Labute approximate surface area is 190 Å². The van der Waals surface area contributed by atoms with Crippen molar-refractivity contribution in [2.75, 3.05) is 38.7 Å². The van der Waals surface area contributed by atoms with Gasteiger partial charge in [0.15, 0.2) is 0 Å². The molecule has 0 atom stereocenters. The Balaban J connectivity index is 1.99. The number of benzene rings is 2. The fourth-order valence-electron chi connectivity index (χ4n) is 3.08. The first-order valence-corrected chi connectivity index (χ1v) is 12.1. The fourth-order valence-corrected chi connectivity index (χ4v) is 4.70. The van der Waals surface area contributed by atoms with Crippen molar-refractivity contribution in [3.05, 3.63) is 42.5 Å². The van der Waals surface area contributed by atoms with Crippen LogP contribution in [0, 0.1) is 0 Å². The number of hydrogen-bond donors (Lipinski definition) is 1. The molecule has 0 heterocycles. The summed E-state index contributed by atoms with van der Waals surface area (Å²) in [6.45, 7) is 6.75. The lowest BCUT2D eigenvalue weighted by molar-refractivity contribution is -0.116. The van der Waals surface area contributed by atoms with Crippen LogP contribution in [-0.2, 0) is 14.8 Å². The summed E-state index contributed by atoms with van der Waals surface area (Å²) < 4.78 is 43.6. The second kappa shape index (κ2) is 12.3. The van der Waals surface area contributed by atoms with E-state index in [1.165, 1.54) is 10.4 Å². The Morgan fingerprint density at radius 2 is 1.62 bits per heavy atom. The third kappa shape index (κ3) is 6.86. The lowest BCUT2D eigenvalue weighted by atomic mass is 10.2. The maximum atomic E-state index is 13.0. The molecular formula is C23H32N2O6S. The first-order chi connectivity index (χ1) is 15.3. The van der Waals surface area contributed by atoms with Gasteiger partial charge < -0.3 is 19.5 Å². The van der Waals surface area contributed by atoms with Crippen LogP contribution >= 0.6 is 0 Å². The number of sulfonamides is 1. The van der Waals surface area contributed by atoms with Crippen molar-refractivity contribution < 1.29 is 27.4 Å². The predicted molar refractivity (Wildman–Crippen MR) is 124 cm³/mol. The van der Waals surface area contributed by atoms with Gasteiger partial charge in [-0.25, -0.2) is 8.42 Å². The van der Waals surface area contributed by atoms with Crippen LogP contribution in [0.15, 0.2) is 47.4 Å². The Bertz CT molecular complexity index is 972. The number of carbonyl (C=O) groups is 1. The van der Waals surface area contributed by atoms with Crippen LogP contribution in [0.3, 0.4) is 0 Å². The van der Waals surface area contributed by atoms with E-state index in [1.807, 2.05) is 0 Å². The summed E-state index contributed by atoms with van der Waals surface area (Å²) in [6.07, 6.45) is 0.751. The molecule has 0 saturated heterocycles. The van der Waals surface area contributed by atoms with Gasteiger partial charge in [-0.3, -0.25) is 4.79 Å². The summed E-state index contributed by atoms with van der Waals surface area (Å²) in [7, 11) is -2.14. The van der Waals surface area contributed by atoms with Gasteiger partial charge in [0.1, 0.15) is 22.1 Å². The van der Waals surface area contributed by atoms with E-state index in [4.69, 9.17) is 14.2 Å². The van der Waals surface area contributed by atoms with E-state index < -0.39 is 10.0 Å². The number of rotatable bonds is 13. The molecule has 9 heteroatoms. The standard InChI is InChI=1S/C23H32N2O6S/c1-5-25(6-2)32(27,28)22-17-18(10-15-21(22)30-7-3)24-23(26)9-8-16-31-20-13-11-19(29-4)12-14-20/h10-15,17H,5-9,16H2,1-4H3,(H,24,26). The highest BCUT2D eigenvalue weighted by atomic mass is 32.2. The number of hydrogen-bond acceptors (Lipinski definition) is 6. The quantitative estimate of drug-likeness (QED) is 0.452. The van der Waals surface area contributed by atoms with E-state index in [1.54, 1.807) is 64.3 Å². The summed E-state index contributed by atoms with van der Waals surface area (Å²) in [5.74, 6) is 1.49. The Hall–Kier alpha value is -2.78. The van der Waals surface area contributed by atoms with Crippen molar-refractivity contribution in [1.29, 1.82) is 0 Å². The van der Waals surface area contributed by atoms with Crippen LogP contribution in [-0.4, -0.2) is 52.0 Å². The minimum Gasteiger partial charge on any atom is -0.497 e. The Morgan fingerprint density at radius 3 is 2.22 bits per heavy atom. The molecule has 32 heavy (non-hydrogen) atoms. The highest BCUT2D eigenvalue weighted by Crippen LogP contribution is 2.30. The number of nitrogens with one attached hydrogen (secondary N) is 1. The normalized spacial score (nSPS) is 11.3. The predicted octanol–water partition coefficient (Wildman–Crippen LogP) is 3.92. The van der Waals surface area contributed by atoms with E-state index >= 15 is 0 Å². The van der Waals surface area contributed by atoms with Crippen molar-refractivity contribution in [3.63, 3.8) is 0 Å². The molecule has 8 nitrogen and oxygen atoms in total. The van der Waals surface area contributed by atoms with E-state index in [0.717, 1.165) is 5.75 Å². The maximum Gasteiger partial charge on any atom is 0.246 e. The molecule has 0 aliphatic rings. The smallest absolute Gasteiger partial charge is 0.246 e. The molecular weight excluding hydrogens is 432 g/mol. The molecule has 2 aromatic carbocycles. The zero-order valence-corrected chi connectivity index (χ0v) is 19.9. The average Bonchev–Trinajstić information content (AvgIpc) is 2.79. The highest BCUT2D eigenvalue weighted by molar-refractivity contribution is 7.89. The van der Waals surface area contributed by atoms with Crippen LogP contribution in [0.4, 0.5) is 5.69 Å². The zero-order chi connectivity index (χ0) is 23.6. The van der Waals surface area contributed by atoms with Gasteiger partial charge in [-0.15, -0.1) is 0 Å². The molecule has 0 unspecified atom stereocenters. The van der Waals surface area contributed by atoms with Crippen LogP contribution in [0.2, 0.25) is 0 Å². The molecule has 0 fully saturated rings. The molecule has 176 valence electrons. The van der Waals surface area contributed by atoms with Gasteiger partial charge in [-0.1, -0.05) is 13.8 Å². The molecule has 0 spiro atoms. The number of ether oxygens (including phenoxy) is 3. The van der Waals surface area contributed by atoms with Crippen molar-refractivity contribution in [3.8, 4) is 17.2 Å². The number of methoxy groups -OCH3 is 1. The SMILES string of the molecule is CCOc1ccc(NC(=O)CCCOc2ccc(OC)cc2)cc1S(=O)(=O)N(CC)CC. The summed E-state index contributed by atoms with van der Waals surface area (Å²) in [6, 6.07) is 11.9. The second-order valence-corrected chi connectivity index (χ2v) is 8.77. The van der Waals surface area contributed by atoms with Gasteiger partial charge in [-0.05, 0) is 55.8 Å². The number of anilines is 1. The molecule has 0 radical (unpaired) electrons. The van der Waals surface area contributed by atoms with E-state index in [-0.39, 0.29) is 23.0 Å². The molecule has 0 aliphatic carbocycles. The molecule has 0 aliphatic heterocycles. The third-order valence-corrected chi connectivity index (χ3v) is 6.80. The van der Waals surface area contributed by atoms with Gasteiger partial charge in [0.25, 0.3) is 0 Å². The average molecular weight is 465 g/mol. The van der Waals surface area contributed by atoms with Crippen molar-refractivity contribution in [2.24, 2.45) is 0 Å². The summed E-state index contributed by atoms with van der Waals surface area (Å²) in [5.41, 5.74) is 0.403. The van der Waals surface area contributed by atoms with Gasteiger partial charge >= 0.3 is 0 Å². The second-order valence-electron chi connectivity index (χ2n) is 6.86. The van der Waals surface area contributed by atoms with Crippen LogP contribution in [0.25, 0.3) is 0 Å². The first-order valence-electron chi connectivity index (χ1n) is 10.7. The largest absolute Gasteiger partial charge is 0.497 e. The van der Waals surface area contributed by atoms with Crippen LogP contribution in [0.1, 0.15) is 33.6 Å². The monoisotopic (exact) mass is 464 g/mol. The zero-order valence-electron chi connectivity index (χ0n) is 19.1. The van der Waals surface area contributed by atoms with Crippen molar-refractivity contribution in [2.45, 2.75) is 38.5 Å². The highest BCUT2D eigenvalue weighted by Gasteiger charge is 2.26. The number of amides is 1. The van der Waals surface area contributed by atoms with Gasteiger partial charge in [-0.2, -0.15) is 4.31 Å². The molecule has 1 amide bonds. The van der Waals surface area contributed by atoms with Gasteiger partial charge in [0, 0.05) is 25.2 Å². The Morgan fingerprint density at radius 1 is 0.969 bits per heavy atom. The summed E-state index contributed by atoms with van der Waals surface area (Å²) in [5, 5.41) is 2.76. The maximum absolute atomic E-state index is 13.0. The number of nitrogens with zero attached hydrogens (tertiary/aromatic N) is 1. The molecule has 0 bridgehead atoms. The van der Waals surface area contributed by atoms with Crippen LogP contribution < -0.4 is 19.5 Å². The van der Waals surface area contributed by atoms with Crippen molar-refractivity contribution >= 4 is 21.6 Å². The Kier molecular flexibility index (Phi) is 9.80. The van der Waals surface area contributed by atoms with E-state index in [2.05, 4.69) is 5.32 Å². The minimum atomic E-state index is -3.74. The van der Waals surface area contributed by atoms with E-state index in [9.17, 15) is 13.2 Å². The minimum absolute atomic E-state index is 0.0451. The van der Waals surface area contributed by atoms with Gasteiger partial charge in [0.05, 0.1) is 20.3 Å². The molecule has 2 aromatic rings. The fraction of sp³-hybridized carbons (Fsp3) is 0.435. The summed E-state index contributed by atoms with van der Waals surface area (Å²) >= 11 is 0. The molecule has 0 aromatic heterocycles. The number of carbonyl (C=O) groups excluding carboxylic acids is 1. The van der Waals surface area contributed by atoms with Crippen molar-refractivity contribution in [1.82, 2.24) is 4.31 Å². The van der Waals surface area contributed by atoms with Gasteiger partial charge in [0.2, 0.25) is 15.9 Å². The van der Waals surface area contributed by atoms with Crippen LogP contribution in [0.5, 0.6) is 17.2 Å². The summed E-state index contributed by atoms with van der Waals surface area (Å²) in [4.78, 5) is 12.4. The lowest BCUT2D eigenvalue weighted by Crippen LogP contribution is -2.31. The van der Waals surface area contributed by atoms with E-state index in [0.29, 0.717) is 44.2 Å². The lowest BCUT2D eigenvalue weighted by Gasteiger charge is -2.21.